The van der Waals surface area contributed by atoms with Gasteiger partial charge in [-0.25, -0.2) is 4.98 Å². The zero-order valence-electron chi connectivity index (χ0n) is 18.6. The van der Waals surface area contributed by atoms with Gasteiger partial charge in [-0.3, -0.25) is 14.8 Å². The van der Waals surface area contributed by atoms with Gasteiger partial charge in [-0.15, -0.1) is 0 Å². The first-order chi connectivity index (χ1) is 15.2. The van der Waals surface area contributed by atoms with Crippen molar-refractivity contribution in [3.63, 3.8) is 0 Å². The molecule has 0 bridgehead atoms. The average Bonchev–Trinajstić information content (AvgIpc) is 3.15. The number of piperidine rings is 1. The van der Waals surface area contributed by atoms with E-state index in [1.54, 1.807) is 0 Å². The minimum Gasteiger partial charge on any atom is -0.327 e. The highest BCUT2D eigenvalue weighted by atomic mass is 15.2. The topological polar surface area (TPSA) is 63.2 Å². The fraction of sp³-hybridized carbons (Fsp3) is 0.520. The van der Waals surface area contributed by atoms with Crippen molar-refractivity contribution in [3.8, 4) is 0 Å². The molecule has 31 heavy (non-hydrogen) atoms. The lowest BCUT2D eigenvalue weighted by atomic mass is 9.91. The van der Waals surface area contributed by atoms with Crippen LogP contribution in [0.25, 0.3) is 11.0 Å². The van der Waals surface area contributed by atoms with Gasteiger partial charge in [-0.2, -0.15) is 0 Å². The highest BCUT2D eigenvalue weighted by Crippen LogP contribution is 2.33. The molecule has 0 radical (unpaired) electrons. The summed E-state index contributed by atoms with van der Waals surface area (Å²) in [5.41, 5.74) is 10.9. The molecule has 6 heteroatoms. The summed E-state index contributed by atoms with van der Waals surface area (Å²) < 4.78 is 2.47. The van der Waals surface area contributed by atoms with E-state index in [2.05, 4.69) is 57.8 Å². The first-order valence-electron chi connectivity index (χ1n) is 11.7. The predicted molar refractivity (Wildman–Crippen MR) is 124 cm³/mol. The van der Waals surface area contributed by atoms with Crippen molar-refractivity contribution in [1.82, 2.24) is 24.3 Å². The van der Waals surface area contributed by atoms with E-state index in [1.807, 2.05) is 6.20 Å². The van der Waals surface area contributed by atoms with Crippen molar-refractivity contribution >= 4 is 11.0 Å². The quantitative estimate of drug-likeness (QED) is 0.663. The summed E-state index contributed by atoms with van der Waals surface area (Å²) in [6.07, 6.45) is 7.96. The third-order valence-electron chi connectivity index (χ3n) is 7.12. The first kappa shape index (κ1) is 20.6. The zero-order valence-corrected chi connectivity index (χ0v) is 18.6. The second-order valence-corrected chi connectivity index (χ2v) is 9.27. The van der Waals surface area contributed by atoms with E-state index >= 15 is 0 Å². The number of pyridine rings is 1. The van der Waals surface area contributed by atoms with Gasteiger partial charge in [0, 0.05) is 26.0 Å². The number of aryl methyl sites for hydroxylation is 1. The maximum atomic E-state index is 5.94. The lowest BCUT2D eigenvalue weighted by Crippen LogP contribution is -2.40. The molecule has 164 valence electrons. The number of fused-ring (bicyclic) bond motifs is 2. The Morgan fingerprint density at radius 2 is 2.03 bits per heavy atom. The van der Waals surface area contributed by atoms with Crippen LogP contribution in [0.2, 0.25) is 0 Å². The Bertz CT molecular complexity index is 1030. The summed E-state index contributed by atoms with van der Waals surface area (Å²) in [4.78, 5) is 14.7. The molecule has 3 heterocycles. The van der Waals surface area contributed by atoms with E-state index in [-0.39, 0.29) is 0 Å². The molecule has 0 amide bonds. The van der Waals surface area contributed by atoms with Gasteiger partial charge in [-0.05, 0) is 75.4 Å². The van der Waals surface area contributed by atoms with Crippen LogP contribution >= 0.6 is 0 Å². The second-order valence-electron chi connectivity index (χ2n) is 9.27. The third-order valence-corrected chi connectivity index (χ3v) is 7.12. The Balaban J connectivity index is 1.41. The predicted octanol–water partition coefficient (Wildman–Crippen LogP) is 3.57. The number of hydrogen-bond acceptors (Lipinski definition) is 5. The number of nitrogens with zero attached hydrogens (tertiary/aromatic N) is 5. The van der Waals surface area contributed by atoms with Crippen molar-refractivity contribution in [2.45, 2.75) is 51.2 Å². The summed E-state index contributed by atoms with van der Waals surface area (Å²) in [7, 11) is 2.23. The van der Waals surface area contributed by atoms with Crippen LogP contribution in [0.3, 0.4) is 0 Å². The van der Waals surface area contributed by atoms with Crippen LogP contribution in [0.15, 0.2) is 42.6 Å². The number of rotatable bonds is 6. The number of nitrogens with two attached hydrogens (primary N) is 1. The Labute approximate surface area is 185 Å². The summed E-state index contributed by atoms with van der Waals surface area (Å²) in [6.45, 7) is 4.72. The number of likely N-dealkylation sites (tertiary alicyclic amines) is 1. The Morgan fingerprint density at radius 3 is 2.94 bits per heavy atom. The first-order valence-corrected chi connectivity index (χ1v) is 11.7. The minimum absolute atomic E-state index is 0.362. The SMILES string of the molecule is CN(Cc1nc2ccccc2n1C[C@H]1CCCN(CN)C1)C1CCCc2cccnc21. The zero-order chi connectivity index (χ0) is 21.2. The van der Waals surface area contributed by atoms with Crippen molar-refractivity contribution in [3.05, 3.63) is 59.7 Å². The van der Waals surface area contributed by atoms with Crippen molar-refractivity contribution in [2.24, 2.45) is 11.7 Å². The minimum atomic E-state index is 0.362. The van der Waals surface area contributed by atoms with Gasteiger partial charge in [0.05, 0.1) is 29.3 Å². The van der Waals surface area contributed by atoms with Gasteiger partial charge >= 0.3 is 0 Å². The smallest absolute Gasteiger partial charge is 0.124 e. The highest BCUT2D eigenvalue weighted by Gasteiger charge is 2.27. The van der Waals surface area contributed by atoms with Crippen LogP contribution in [-0.4, -0.2) is 51.1 Å². The maximum absolute atomic E-state index is 5.94. The van der Waals surface area contributed by atoms with Crippen LogP contribution in [0.5, 0.6) is 0 Å². The molecular weight excluding hydrogens is 384 g/mol. The number of aromatic nitrogens is 3. The van der Waals surface area contributed by atoms with E-state index in [0.29, 0.717) is 18.6 Å². The van der Waals surface area contributed by atoms with E-state index in [1.165, 1.54) is 36.0 Å². The van der Waals surface area contributed by atoms with Crippen molar-refractivity contribution in [1.29, 1.82) is 0 Å². The molecular formula is C25H34N6. The Morgan fingerprint density at radius 1 is 1.13 bits per heavy atom. The molecule has 1 unspecified atom stereocenters. The van der Waals surface area contributed by atoms with Gasteiger partial charge in [0.2, 0.25) is 0 Å². The summed E-state index contributed by atoms with van der Waals surface area (Å²) in [5.74, 6) is 1.78. The highest BCUT2D eigenvalue weighted by molar-refractivity contribution is 5.75. The summed E-state index contributed by atoms with van der Waals surface area (Å²) in [5, 5.41) is 0. The van der Waals surface area contributed by atoms with Gasteiger partial charge in [0.15, 0.2) is 0 Å². The van der Waals surface area contributed by atoms with Crippen LogP contribution in [0, 0.1) is 5.92 Å². The van der Waals surface area contributed by atoms with Crippen LogP contribution in [0.1, 0.15) is 48.8 Å². The van der Waals surface area contributed by atoms with Crippen molar-refractivity contribution < 1.29 is 0 Å². The molecule has 1 aliphatic carbocycles. The third kappa shape index (κ3) is 4.25. The Kier molecular flexibility index (Phi) is 6.03. The molecule has 3 aromatic rings. The largest absolute Gasteiger partial charge is 0.327 e. The molecule has 1 fully saturated rings. The van der Waals surface area contributed by atoms with Crippen LogP contribution in [-0.2, 0) is 19.5 Å². The second kappa shape index (κ2) is 9.07. The maximum Gasteiger partial charge on any atom is 0.124 e. The fourth-order valence-electron chi connectivity index (χ4n) is 5.52. The van der Waals surface area contributed by atoms with Gasteiger partial charge in [0.25, 0.3) is 0 Å². The summed E-state index contributed by atoms with van der Waals surface area (Å²) >= 11 is 0. The molecule has 0 spiro atoms. The lowest BCUT2D eigenvalue weighted by molar-refractivity contribution is 0.163. The molecule has 6 nitrogen and oxygen atoms in total. The number of benzene rings is 1. The molecule has 2 N–H and O–H groups in total. The molecule has 1 aliphatic heterocycles. The fourth-order valence-corrected chi connectivity index (χ4v) is 5.52. The summed E-state index contributed by atoms with van der Waals surface area (Å²) in [6, 6.07) is 13.2. The van der Waals surface area contributed by atoms with E-state index in [4.69, 9.17) is 15.7 Å². The van der Waals surface area contributed by atoms with E-state index in [9.17, 15) is 0 Å². The normalized spacial score (nSPS) is 22.2. The van der Waals surface area contributed by atoms with Crippen LogP contribution in [0.4, 0.5) is 0 Å². The van der Waals surface area contributed by atoms with Gasteiger partial charge in [0.1, 0.15) is 5.82 Å². The Hall–Kier alpha value is -2.28. The lowest BCUT2D eigenvalue weighted by Gasteiger charge is -2.33. The van der Waals surface area contributed by atoms with E-state index in [0.717, 1.165) is 50.4 Å². The number of imidazole rings is 1. The van der Waals surface area contributed by atoms with Crippen molar-refractivity contribution in [2.75, 3.05) is 26.8 Å². The molecule has 1 saturated heterocycles. The number of para-hydroxylation sites is 2. The standard InChI is InChI=1S/C25H34N6/c1-29(23-12-4-8-20-9-5-13-27-25(20)23)17-24-28-21-10-2-3-11-22(21)31(24)16-19-7-6-14-30(15-19)18-26/h2-3,5,9-11,13,19,23H,4,6-8,12,14-18,26H2,1H3/t19-,23?/m0/s1. The van der Waals surface area contributed by atoms with Crippen LogP contribution < -0.4 is 5.73 Å². The van der Waals surface area contributed by atoms with Gasteiger partial charge in [-0.1, -0.05) is 18.2 Å². The monoisotopic (exact) mass is 418 g/mol. The molecule has 2 aromatic heterocycles. The number of hydrogen-bond donors (Lipinski definition) is 1. The molecule has 1 aromatic carbocycles. The molecule has 5 rings (SSSR count). The van der Waals surface area contributed by atoms with E-state index < -0.39 is 0 Å². The molecule has 2 atom stereocenters. The van der Waals surface area contributed by atoms with Gasteiger partial charge < -0.3 is 10.3 Å². The molecule has 2 aliphatic rings. The average molecular weight is 419 g/mol. The molecule has 0 saturated carbocycles.